The van der Waals surface area contributed by atoms with Crippen molar-refractivity contribution in [1.29, 1.82) is 0 Å². The highest BCUT2D eigenvalue weighted by Gasteiger charge is 2.55. The normalized spacial score (nSPS) is 23.8. The van der Waals surface area contributed by atoms with Crippen LogP contribution in [0.5, 0.6) is 0 Å². The monoisotopic (exact) mass is 349 g/mol. The summed E-state index contributed by atoms with van der Waals surface area (Å²) in [4.78, 5) is 27.1. The predicted molar refractivity (Wildman–Crippen MR) is 95.7 cm³/mol. The van der Waals surface area contributed by atoms with Gasteiger partial charge in [-0.15, -0.1) is 0 Å². The number of pyridine rings is 1. The lowest BCUT2D eigenvalue weighted by Crippen LogP contribution is -2.28. The molecule has 2 unspecified atom stereocenters. The summed E-state index contributed by atoms with van der Waals surface area (Å²) >= 11 is 0. The average Bonchev–Trinajstić information content (AvgIpc) is 3.07. The summed E-state index contributed by atoms with van der Waals surface area (Å²) in [5.74, 6) is 3.10. The van der Waals surface area contributed by atoms with Gasteiger partial charge in [0.15, 0.2) is 11.3 Å². The molecule has 1 saturated heterocycles. The third kappa shape index (κ3) is 2.69. The molecule has 1 saturated carbocycles. The molecule has 5 rings (SSSR count). The van der Waals surface area contributed by atoms with E-state index in [0.29, 0.717) is 35.6 Å². The number of amides is 1. The van der Waals surface area contributed by atoms with Crippen LogP contribution in [-0.2, 0) is 0 Å². The fourth-order valence-corrected chi connectivity index (χ4v) is 4.13. The van der Waals surface area contributed by atoms with E-state index in [1.54, 1.807) is 30.9 Å². The highest BCUT2D eigenvalue weighted by molar-refractivity contribution is 5.95. The molecule has 0 bridgehead atoms. The molecule has 4 heterocycles. The summed E-state index contributed by atoms with van der Waals surface area (Å²) in [6.45, 7) is 2.71. The molecule has 0 radical (unpaired) electrons. The van der Waals surface area contributed by atoms with Gasteiger partial charge >= 0.3 is 0 Å². The van der Waals surface area contributed by atoms with Gasteiger partial charge in [0.05, 0.1) is 6.20 Å². The van der Waals surface area contributed by atoms with E-state index in [0.717, 1.165) is 30.8 Å². The molecule has 132 valence electrons. The smallest absolute Gasteiger partial charge is 0.287 e. The zero-order valence-electron chi connectivity index (χ0n) is 14.2. The van der Waals surface area contributed by atoms with Crippen molar-refractivity contribution in [2.45, 2.75) is 6.42 Å². The van der Waals surface area contributed by atoms with Crippen LogP contribution in [0.1, 0.15) is 17.0 Å². The number of piperidine rings is 1. The molecule has 1 aliphatic heterocycles. The molecule has 7 nitrogen and oxygen atoms in total. The van der Waals surface area contributed by atoms with E-state index in [4.69, 9.17) is 4.42 Å². The molecule has 2 aliphatic rings. The second-order valence-corrected chi connectivity index (χ2v) is 7.01. The van der Waals surface area contributed by atoms with Crippen molar-refractivity contribution in [3.8, 4) is 0 Å². The van der Waals surface area contributed by atoms with Gasteiger partial charge in [-0.1, -0.05) is 0 Å². The number of rotatable bonds is 5. The first-order chi connectivity index (χ1) is 12.8. The molecule has 0 spiro atoms. The van der Waals surface area contributed by atoms with Crippen molar-refractivity contribution in [3.05, 3.63) is 48.7 Å². The van der Waals surface area contributed by atoms with Gasteiger partial charge in [0.25, 0.3) is 5.91 Å². The number of nitrogens with one attached hydrogen (secondary N) is 1. The van der Waals surface area contributed by atoms with Crippen LogP contribution in [0.3, 0.4) is 0 Å². The van der Waals surface area contributed by atoms with Crippen LogP contribution >= 0.6 is 0 Å². The fraction of sp³-hybridized carbons (Fsp3) is 0.368. The lowest BCUT2D eigenvalue weighted by molar-refractivity contribution is 0.0926. The summed E-state index contributed by atoms with van der Waals surface area (Å²) < 4.78 is 5.55. The Labute approximate surface area is 150 Å². The Morgan fingerprint density at radius 2 is 2.04 bits per heavy atom. The predicted octanol–water partition coefficient (Wildman–Crippen LogP) is 2.12. The van der Waals surface area contributed by atoms with Crippen LogP contribution in [0.4, 0.5) is 5.95 Å². The maximum Gasteiger partial charge on any atom is 0.287 e. The first-order valence-electron chi connectivity index (χ1n) is 8.93. The molecule has 3 aromatic rings. The van der Waals surface area contributed by atoms with Gasteiger partial charge in [0.2, 0.25) is 5.95 Å². The van der Waals surface area contributed by atoms with Gasteiger partial charge in [-0.25, -0.2) is 9.97 Å². The Balaban J connectivity index is 1.11. The van der Waals surface area contributed by atoms with E-state index in [9.17, 15) is 4.79 Å². The van der Waals surface area contributed by atoms with Crippen LogP contribution in [0.25, 0.3) is 11.0 Å². The maximum absolute atomic E-state index is 12.2. The SMILES string of the molecule is O=C(NCCC1C2CN(c3ncccn3)CC12)c1cc2ccncc2o1. The van der Waals surface area contributed by atoms with Crippen molar-refractivity contribution in [1.82, 2.24) is 20.3 Å². The minimum atomic E-state index is -0.161. The van der Waals surface area contributed by atoms with Crippen molar-refractivity contribution in [3.63, 3.8) is 0 Å². The standard InChI is InChI=1S/C19H19N5O2/c25-18(16-8-12-2-6-20-9-17(12)26-16)21-7-3-13-14-10-24(11-15(13)14)19-22-4-1-5-23-19/h1-2,4-6,8-9,13-15H,3,7,10-11H2,(H,21,25). The number of fused-ring (bicyclic) bond motifs is 2. The number of hydrogen-bond acceptors (Lipinski definition) is 6. The zero-order chi connectivity index (χ0) is 17.5. The lowest BCUT2D eigenvalue weighted by atomic mass is 10.2. The summed E-state index contributed by atoms with van der Waals surface area (Å²) in [6, 6.07) is 5.43. The molecule has 1 amide bonds. The first kappa shape index (κ1) is 15.3. The van der Waals surface area contributed by atoms with Crippen LogP contribution in [0, 0.1) is 17.8 Å². The third-order valence-corrected chi connectivity index (χ3v) is 5.52. The van der Waals surface area contributed by atoms with Crippen LogP contribution in [-0.4, -0.2) is 40.5 Å². The Bertz CT molecular complexity index is 896. The van der Waals surface area contributed by atoms with Gasteiger partial charge in [0.1, 0.15) is 0 Å². The molecule has 2 atom stereocenters. The number of hydrogen-bond donors (Lipinski definition) is 1. The number of carbonyl (C=O) groups excluding carboxylic acids is 1. The van der Waals surface area contributed by atoms with Crippen molar-refractivity contribution in [2.75, 3.05) is 24.5 Å². The Morgan fingerprint density at radius 1 is 1.23 bits per heavy atom. The second kappa shape index (κ2) is 6.09. The molecule has 0 aromatic carbocycles. The molecule has 1 aliphatic carbocycles. The van der Waals surface area contributed by atoms with E-state index < -0.39 is 0 Å². The largest absolute Gasteiger partial charge is 0.449 e. The number of furan rings is 1. The number of aromatic nitrogens is 3. The van der Waals surface area contributed by atoms with Gasteiger partial charge in [-0.2, -0.15) is 0 Å². The van der Waals surface area contributed by atoms with E-state index >= 15 is 0 Å². The highest BCUT2D eigenvalue weighted by Crippen LogP contribution is 2.53. The number of anilines is 1. The average molecular weight is 349 g/mol. The van der Waals surface area contributed by atoms with Crippen LogP contribution in [0.15, 0.2) is 47.4 Å². The van der Waals surface area contributed by atoms with Gasteiger partial charge < -0.3 is 14.6 Å². The molecular weight excluding hydrogens is 330 g/mol. The third-order valence-electron chi connectivity index (χ3n) is 5.52. The molecule has 26 heavy (non-hydrogen) atoms. The van der Waals surface area contributed by atoms with Crippen LogP contribution < -0.4 is 10.2 Å². The molecule has 7 heteroatoms. The van der Waals surface area contributed by atoms with Gasteiger partial charge in [-0.05, 0) is 42.4 Å². The lowest BCUT2D eigenvalue weighted by Gasteiger charge is -2.19. The maximum atomic E-state index is 12.2. The summed E-state index contributed by atoms with van der Waals surface area (Å²) in [5, 5.41) is 3.87. The van der Waals surface area contributed by atoms with Gasteiger partial charge in [0, 0.05) is 43.6 Å². The van der Waals surface area contributed by atoms with E-state index in [1.165, 1.54) is 0 Å². The summed E-state index contributed by atoms with van der Waals surface area (Å²) in [7, 11) is 0. The molecule has 1 N–H and O–H groups in total. The van der Waals surface area contributed by atoms with Gasteiger partial charge in [-0.3, -0.25) is 9.78 Å². The Kier molecular flexibility index (Phi) is 3.58. The molecular formula is C19H19N5O2. The van der Waals surface area contributed by atoms with E-state index in [1.807, 2.05) is 12.1 Å². The van der Waals surface area contributed by atoms with Crippen molar-refractivity contribution >= 4 is 22.8 Å². The molecule has 3 aromatic heterocycles. The van der Waals surface area contributed by atoms with E-state index in [-0.39, 0.29) is 5.91 Å². The number of nitrogens with zero attached hydrogens (tertiary/aromatic N) is 4. The van der Waals surface area contributed by atoms with Crippen molar-refractivity contribution < 1.29 is 9.21 Å². The summed E-state index contributed by atoms with van der Waals surface area (Å²) in [6.07, 6.45) is 7.89. The minimum absolute atomic E-state index is 0.161. The van der Waals surface area contributed by atoms with Crippen LogP contribution in [0.2, 0.25) is 0 Å². The molecule has 2 fully saturated rings. The Morgan fingerprint density at radius 3 is 2.81 bits per heavy atom. The summed E-state index contributed by atoms with van der Waals surface area (Å²) in [5.41, 5.74) is 0.637. The Hall–Kier alpha value is -2.96. The van der Waals surface area contributed by atoms with E-state index in [2.05, 4.69) is 25.2 Å². The quantitative estimate of drug-likeness (QED) is 0.759. The number of carbonyl (C=O) groups is 1. The highest BCUT2D eigenvalue weighted by atomic mass is 16.3. The topological polar surface area (TPSA) is 84.2 Å². The first-order valence-corrected chi connectivity index (χ1v) is 8.93. The second-order valence-electron chi connectivity index (χ2n) is 7.01. The fourth-order valence-electron chi connectivity index (χ4n) is 4.13. The zero-order valence-corrected chi connectivity index (χ0v) is 14.2. The minimum Gasteiger partial charge on any atom is -0.449 e. The van der Waals surface area contributed by atoms with Crippen molar-refractivity contribution in [2.24, 2.45) is 17.8 Å².